The van der Waals surface area contributed by atoms with Gasteiger partial charge < -0.3 is 25.0 Å². The number of likely N-dealkylation sites (N-methyl/N-ethyl adjacent to an activating group) is 1. The highest BCUT2D eigenvalue weighted by molar-refractivity contribution is 5.84. The molecule has 1 aromatic rings. The highest BCUT2D eigenvalue weighted by atomic mass is 16.4. The molecule has 1 aromatic heterocycles. The van der Waals surface area contributed by atoms with Crippen LogP contribution in [-0.2, 0) is 0 Å². The molecule has 0 amide bonds. The van der Waals surface area contributed by atoms with Crippen molar-refractivity contribution in [2.45, 2.75) is 25.3 Å². The lowest BCUT2D eigenvalue weighted by molar-refractivity contribution is -0.255. The highest BCUT2D eigenvalue weighted by Gasteiger charge is 2.21. The summed E-state index contributed by atoms with van der Waals surface area (Å²) in [5, 5.41) is 14.4. The van der Waals surface area contributed by atoms with Crippen molar-refractivity contribution in [2.75, 3.05) is 43.4 Å². The minimum Gasteiger partial charge on any atom is -0.543 e. The SMILES string of the molecule is CN1CCN(c2nc(NC3CCC3)cc(C(=O)[O-])n2)CC1. The number of hydrogen-bond donors (Lipinski definition) is 1. The lowest BCUT2D eigenvalue weighted by atomic mass is 9.93. The molecule has 1 aliphatic heterocycles. The third-order valence-corrected chi connectivity index (χ3v) is 4.17. The Bertz CT molecular complexity index is 524. The van der Waals surface area contributed by atoms with Crippen LogP contribution in [0.25, 0.3) is 0 Å². The van der Waals surface area contributed by atoms with E-state index in [4.69, 9.17) is 0 Å². The number of rotatable bonds is 4. The fraction of sp³-hybridized carbons (Fsp3) is 0.643. The molecule has 1 N–H and O–H groups in total. The van der Waals surface area contributed by atoms with E-state index < -0.39 is 5.97 Å². The predicted octanol–water partition coefficient (Wildman–Crippen LogP) is -0.444. The van der Waals surface area contributed by atoms with Crippen LogP contribution < -0.4 is 15.3 Å². The molecule has 7 nitrogen and oxygen atoms in total. The Morgan fingerprint density at radius 1 is 1.29 bits per heavy atom. The quantitative estimate of drug-likeness (QED) is 0.804. The Morgan fingerprint density at radius 2 is 2.00 bits per heavy atom. The summed E-state index contributed by atoms with van der Waals surface area (Å²) >= 11 is 0. The van der Waals surface area contributed by atoms with Crippen molar-refractivity contribution in [3.63, 3.8) is 0 Å². The first-order chi connectivity index (χ1) is 10.1. The Balaban J connectivity index is 1.82. The van der Waals surface area contributed by atoms with Gasteiger partial charge in [0.05, 0.1) is 11.7 Å². The average molecular weight is 290 g/mol. The van der Waals surface area contributed by atoms with Crippen molar-refractivity contribution >= 4 is 17.7 Å². The van der Waals surface area contributed by atoms with Crippen molar-refractivity contribution in [3.8, 4) is 0 Å². The molecule has 2 aliphatic rings. The van der Waals surface area contributed by atoms with Crippen LogP contribution in [0.3, 0.4) is 0 Å². The minimum absolute atomic E-state index is 0.0549. The second kappa shape index (κ2) is 5.85. The number of carbonyl (C=O) groups excluding carboxylic acids is 1. The molecule has 3 rings (SSSR count). The molecule has 0 unspecified atom stereocenters. The average Bonchev–Trinajstić information content (AvgIpc) is 2.43. The standard InChI is InChI=1S/C14H21N5O2/c1-18-5-7-19(8-6-18)14-16-11(13(20)21)9-12(17-14)15-10-3-2-4-10/h9-10H,2-8H2,1H3,(H,20,21)(H,15,16,17)/p-1. The minimum atomic E-state index is -1.26. The number of anilines is 2. The number of piperazine rings is 1. The van der Waals surface area contributed by atoms with Crippen LogP contribution in [0.2, 0.25) is 0 Å². The van der Waals surface area contributed by atoms with E-state index in [-0.39, 0.29) is 5.69 Å². The van der Waals surface area contributed by atoms with Gasteiger partial charge in [-0.1, -0.05) is 0 Å². The molecule has 0 aromatic carbocycles. The Hall–Kier alpha value is -1.89. The van der Waals surface area contributed by atoms with Crippen LogP contribution in [0.15, 0.2) is 6.07 Å². The Morgan fingerprint density at radius 3 is 2.57 bits per heavy atom. The van der Waals surface area contributed by atoms with Crippen molar-refractivity contribution < 1.29 is 9.90 Å². The molecule has 2 heterocycles. The molecule has 1 saturated heterocycles. The number of carbonyl (C=O) groups is 1. The first-order valence-electron chi connectivity index (χ1n) is 7.42. The van der Waals surface area contributed by atoms with Gasteiger partial charge in [-0.15, -0.1) is 0 Å². The maximum absolute atomic E-state index is 11.2. The summed E-state index contributed by atoms with van der Waals surface area (Å²) < 4.78 is 0. The van der Waals surface area contributed by atoms with Crippen molar-refractivity contribution in [3.05, 3.63) is 11.8 Å². The summed E-state index contributed by atoms with van der Waals surface area (Å²) in [6.07, 6.45) is 3.42. The van der Waals surface area contributed by atoms with Crippen LogP contribution in [-0.4, -0.2) is 60.1 Å². The number of nitrogens with zero attached hydrogens (tertiary/aromatic N) is 4. The molecular weight excluding hydrogens is 270 g/mol. The third-order valence-electron chi connectivity index (χ3n) is 4.17. The molecule has 0 radical (unpaired) electrons. The van der Waals surface area contributed by atoms with Gasteiger partial charge in [0.25, 0.3) is 0 Å². The third kappa shape index (κ3) is 3.24. The van der Waals surface area contributed by atoms with E-state index in [1.165, 1.54) is 12.5 Å². The van der Waals surface area contributed by atoms with E-state index in [0.717, 1.165) is 39.0 Å². The molecule has 1 saturated carbocycles. The number of aromatic nitrogens is 2. The van der Waals surface area contributed by atoms with E-state index >= 15 is 0 Å². The smallest absolute Gasteiger partial charge is 0.228 e. The topological polar surface area (TPSA) is 84.4 Å². The number of hydrogen-bond acceptors (Lipinski definition) is 7. The molecule has 2 fully saturated rings. The summed E-state index contributed by atoms with van der Waals surface area (Å²) in [6.45, 7) is 3.44. The maximum atomic E-state index is 11.2. The van der Waals surface area contributed by atoms with Crippen molar-refractivity contribution in [2.24, 2.45) is 0 Å². The fourth-order valence-electron chi connectivity index (χ4n) is 2.52. The van der Waals surface area contributed by atoms with Gasteiger partial charge in [0.1, 0.15) is 5.82 Å². The lowest BCUT2D eigenvalue weighted by Gasteiger charge is -2.33. The van der Waals surface area contributed by atoms with Crippen LogP contribution >= 0.6 is 0 Å². The van der Waals surface area contributed by atoms with Crippen molar-refractivity contribution in [1.29, 1.82) is 0 Å². The number of carboxylic acids is 1. The van der Waals surface area contributed by atoms with E-state index in [2.05, 4.69) is 27.2 Å². The van der Waals surface area contributed by atoms with Crippen LogP contribution in [0.1, 0.15) is 29.8 Å². The summed E-state index contributed by atoms with van der Waals surface area (Å²) in [5.41, 5.74) is -0.0549. The Kier molecular flexibility index (Phi) is 3.92. The number of carboxylic acid groups (broad SMARTS) is 1. The normalized spacial score (nSPS) is 20.1. The summed E-state index contributed by atoms with van der Waals surface area (Å²) in [6, 6.07) is 1.86. The summed E-state index contributed by atoms with van der Waals surface area (Å²) in [5.74, 6) is -0.195. The molecule has 1 aliphatic carbocycles. The second-order valence-corrected chi connectivity index (χ2v) is 5.79. The molecule has 0 bridgehead atoms. The van der Waals surface area contributed by atoms with E-state index in [1.54, 1.807) is 0 Å². The fourth-order valence-corrected chi connectivity index (χ4v) is 2.52. The number of nitrogens with one attached hydrogen (secondary N) is 1. The van der Waals surface area contributed by atoms with E-state index in [1.807, 2.05) is 4.90 Å². The molecule has 114 valence electrons. The van der Waals surface area contributed by atoms with Gasteiger partial charge in [0.15, 0.2) is 0 Å². The highest BCUT2D eigenvalue weighted by Crippen LogP contribution is 2.23. The molecule has 7 heteroatoms. The summed E-state index contributed by atoms with van der Waals surface area (Å²) in [7, 11) is 2.07. The zero-order valence-electron chi connectivity index (χ0n) is 12.2. The molecular formula is C14H20N5O2-. The first-order valence-corrected chi connectivity index (χ1v) is 7.42. The second-order valence-electron chi connectivity index (χ2n) is 5.79. The molecule has 21 heavy (non-hydrogen) atoms. The van der Waals surface area contributed by atoms with Crippen LogP contribution in [0.4, 0.5) is 11.8 Å². The molecule has 0 atom stereocenters. The van der Waals surface area contributed by atoms with E-state index in [0.29, 0.717) is 17.8 Å². The molecule has 0 spiro atoms. The maximum Gasteiger partial charge on any atom is 0.228 e. The monoisotopic (exact) mass is 290 g/mol. The predicted molar refractivity (Wildman–Crippen MR) is 77.3 cm³/mol. The zero-order valence-corrected chi connectivity index (χ0v) is 12.2. The zero-order chi connectivity index (χ0) is 14.8. The van der Waals surface area contributed by atoms with Gasteiger partial charge in [-0.3, -0.25) is 0 Å². The first kappa shape index (κ1) is 14.1. The van der Waals surface area contributed by atoms with Gasteiger partial charge >= 0.3 is 0 Å². The van der Waals surface area contributed by atoms with Gasteiger partial charge in [-0.05, 0) is 26.3 Å². The van der Waals surface area contributed by atoms with E-state index in [9.17, 15) is 9.90 Å². The van der Waals surface area contributed by atoms with Gasteiger partial charge in [-0.2, -0.15) is 4.98 Å². The van der Waals surface area contributed by atoms with Gasteiger partial charge in [0, 0.05) is 38.3 Å². The largest absolute Gasteiger partial charge is 0.543 e. The van der Waals surface area contributed by atoms with Gasteiger partial charge in [-0.25, -0.2) is 4.98 Å². The van der Waals surface area contributed by atoms with Crippen LogP contribution in [0.5, 0.6) is 0 Å². The summed E-state index contributed by atoms with van der Waals surface area (Å²) in [4.78, 5) is 24.0. The Labute approximate surface area is 124 Å². The van der Waals surface area contributed by atoms with Gasteiger partial charge in [0.2, 0.25) is 5.95 Å². The lowest BCUT2D eigenvalue weighted by Crippen LogP contribution is -2.45. The number of aromatic carboxylic acids is 1. The van der Waals surface area contributed by atoms with Crippen LogP contribution in [0, 0.1) is 0 Å². The van der Waals surface area contributed by atoms with Crippen molar-refractivity contribution in [1.82, 2.24) is 14.9 Å².